The van der Waals surface area contributed by atoms with Crippen molar-refractivity contribution in [2.24, 2.45) is 17.8 Å². The number of halogens is 3. The fraction of sp³-hybridized carbons (Fsp3) is 0.909. The first-order chi connectivity index (χ1) is 7.65. The van der Waals surface area contributed by atoms with E-state index in [0.29, 0.717) is 11.8 Å². The molecule has 1 amide bonds. The van der Waals surface area contributed by atoms with Gasteiger partial charge in [-0.15, -0.1) is 11.6 Å². The van der Waals surface area contributed by atoms with Crippen LogP contribution in [0.3, 0.4) is 0 Å². The van der Waals surface area contributed by atoms with Crippen LogP contribution in [0.25, 0.3) is 0 Å². The molecule has 0 aliphatic heterocycles. The lowest BCUT2D eigenvalue weighted by Crippen LogP contribution is -2.38. The van der Waals surface area contributed by atoms with E-state index in [0.717, 1.165) is 12.8 Å². The third-order valence-corrected chi connectivity index (χ3v) is 3.89. The molecule has 2 aliphatic carbocycles. The van der Waals surface area contributed by atoms with Crippen molar-refractivity contribution in [3.8, 4) is 0 Å². The van der Waals surface area contributed by atoms with E-state index in [1.807, 2.05) is 0 Å². The molecular formula is C11H16ClF2NO. The molecule has 0 aromatic carbocycles. The highest BCUT2D eigenvalue weighted by atomic mass is 35.5. The first kappa shape index (κ1) is 12.1. The van der Waals surface area contributed by atoms with Crippen molar-refractivity contribution >= 4 is 17.5 Å². The highest BCUT2D eigenvalue weighted by molar-refractivity contribution is 6.18. The molecule has 2 atom stereocenters. The van der Waals surface area contributed by atoms with Crippen LogP contribution < -0.4 is 0 Å². The molecular weight excluding hydrogens is 236 g/mol. The lowest BCUT2D eigenvalue weighted by molar-refractivity contribution is -0.135. The van der Waals surface area contributed by atoms with Gasteiger partial charge in [-0.2, -0.15) is 0 Å². The van der Waals surface area contributed by atoms with Gasteiger partial charge < -0.3 is 4.90 Å². The number of alkyl halides is 3. The quantitative estimate of drug-likeness (QED) is 0.687. The molecule has 0 heterocycles. The van der Waals surface area contributed by atoms with Gasteiger partial charge in [0.05, 0.1) is 6.54 Å². The minimum absolute atomic E-state index is 0.0238. The normalized spacial score (nSPS) is 31.6. The predicted octanol–water partition coefficient (Wildman–Crippen LogP) is 2.37. The summed E-state index contributed by atoms with van der Waals surface area (Å²) < 4.78 is 24.6. The van der Waals surface area contributed by atoms with Gasteiger partial charge in [0, 0.05) is 18.3 Å². The molecule has 2 saturated carbocycles. The highest BCUT2D eigenvalue weighted by Gasteiger charge is 2.57. The summed E-state index contributed by atoms with van der Waals surface area (Å²) in [4.78, 5) is 13.2. The molecule has 0 N–H and O–H groups in total. The zero-order chi connectivity index (χ0) is 11.7. The van der Waals surface area contributed by atoms with Gasteiger partial charge in [-0.1, -0.05) is 6.42 Å². The molecule has 2 aliphatic rings. The SMILES string of the molecule is O=C(C1C2CCCC21)N(CCCl)CC(F)F. The number of amides is 1. The monoisotopic (exact) mass is 251 g/mol. The predicted molar refractivity (Wildman–Crippen MR) is 57.6 cm³/mol. The van der Waals surface area contributed by atoms with E-state index in [4.69, 9.17) is 11.6 Å². The first-order valence-corrected chi connectivity index (χ1v) is 6.31. The van der Waals surface area contributed by atoms with E-state index >= 15 is 0 Å². The summed E-state index contributed by atoms with van der Waals surface area (Å²) >= 11 is 5.53. The summed E-state index contributed by atoms with van der Waals surface area (Å²) in [5, 5.41) is 0. The van der Waals surface area contributed by atoms with Gasteiger partial charge in [0.1, 0.15) is 0 Å². The Kier molecular flexibility index (Phi) is 3.67. The van der Waals surface area contributed by atoms with Crippen LogP contribution in [0.1, 0.15) is 19.3 Å². The van der Waals surface area contributed by atoms with E-state index in [9.17, 15) is 13.6 Å². The summed E-state index contributed by atoms with van der Waals surface area (Å²) in [6.45, 7) is -0.234. The Morgan fingerprint density at radius 3 is 2.50 bits per heavy atom. The average Bonchev–Trinajstić information content (AvgIpc) is 2.69. The van der Waals surface area contributed by atoms with Crippen LogP contribution in [0, 0.1) is 17.8 Å². The molecule has 2 rings (SSSR count). The van der Waals surface area contributed by atoms with E-state index in [1.165, 1.54) is 11.3 Å². The van der Waals surface area contributed by atoms with E-state index < -0.39 is 13.0 Å². The van der Waals surface area contributed by atoms with Crippen LogP contribution in [0.5, 0.6) is 0 Å². The van der Waals surface area contributed by atoms with Crippen molar-refractivity contribution in [3.63, 3.8) is 0 Å². The first-order valence-electron chi connectivity index (χ1n) is 5.78. The maximum atomic E-state index is 12.3. The molecule has 0 radical (unpaired) electrons. The number of carbonyl (C=O) groups is 1. The molecule has 2 nitrogen and oxygen atoms in total. The maximum Gasteiger partial charge on any atom is 0.255 e. The van der Waals surface area contributed by atoms with Crippen LogP contribution in [-0.2, 0) is 4.79 Å². The number of carbonyl (C=O) groups excluding carboxylic acids is 1. The standard InChI is InChI=1S/C11H16ClF2NO/c12-4-5-15(6-9(13)14)11(16)10-7-2-1-3-8(7)10/h7-10H,1-6H2. The number of hydrogen-bond acceptors (Lipinski definition) is 1. The van der Waals surface area contributed by atoms with Gasteiger partial charge in [-0.05, 0) is 24.7 Å². The highest BCUT2D eigenvalue weighted by Crippen LogP contribution is 2.58. The molecule has 5 heteroatoms. The van der Waals surface area contributed by atoms with Crippen molar-refractivity contribution in [1.82, 2.24) is 4.90 Å². The summed E-state index contributed by atoms with van der Waals surface area (Å²) in [6.07, 6.45) is 0.893. The van der Waals surface area contributed by atoms with Crippen LogP contribution >= 0.6 is 11.6 Å². The molecule has 2 fully saturated rings. The molecule has 2 unspecified atom stereocenters. The largest absolute Gasteiger partial charge is 0.336 e. The number of rotatable bonds is 5. The molecule has 0 bridgehead atoms. The Balaban J connectivity index is 1.90. The topological polar surface area (TPSA) is 20.3 Å². The van der Waals surface area contributed by atoms with Gasteiger partial charge in [0.15, 0.2) is 0 Å². The third kappa shape index (κ3) is 2.31. The number of fused-ring (bicyclic) bond motifs is 1. The number of nitrogens with zero attached hydrogens (tertiary/aromatic N) is 1. The van der Waals surface area contributed by atoms with Crippen LogP contribution in [-0.4, -0.2) is 36.2 Å². The summed E-state index contributed by atoms with van der Waals surface area (Å²) in [5.74, 6) is 1.10. The Labute approximate surface area is 98.9 Å². The van der Waals surface area contributed by atoms with E-state index in [-0.39, 0.29) is 24.2 Å². The van der Waals surface area contributed by atoms with Crippen molar-refractivity contribution in [2.75, 3.05) is 19.0 Å². The van der Waals surface area contributed by atoms with Gasteiger partial charge in [0.2, 0.25) is 5.91 Å². The van der Waals surface area contributed by atoms with Crippen molar-refractivity contribution in [2.45, 2.75) is 25.7 Å². The van der Waals surface area contributed by atoms with Crippen LogP contribution in [0.15, 0.2) is 0 Å². The number of hydrogen-bond donors (Lipinski definition) is 0. The minimum atomic E-state index is -2.47. The summed E-state index contributed by atoms with van der Waals surface area (Å²) in [5.41, 5.74) is 0. The van der Waals surface area contributed by atoms with Gasteiger partial charge >= 0.3 is 0 Å². The second-order valence-electron chi connectivity index (χ2n) is 4.65. The smallest absolute Gasteiger partial charge is 0.255 e. The average molecular weight is 252 g/mol. The maximum absolute atomic E-state index is 12.3. The molecule has 0 aromatic heterocycles. The molecule has 92 valence electrons. The molecule has 0 saturated heterocycles. The van der Waals surface area contributed by atoms with Crippen LogP contribution in [0.4, 0.5) is 8.78 Å². The van der Waals surface area contributed by atoms with Crippen molar-refractivity contribution in [1.29, 1.82) is 0 Å². The van der Waals surface area contributed by atoms with Crippen molar-refractivity contribution < 1.29 is 13.6 Å². The second-order valence-corrected chi connectivity index (χ2v) is 5.03. The molecule has 0 aromatic rings. The Morgan fingerprint density at radius 1 is 1.38 bits per heavy atom. The molecule has 16 heavy (non-hydrogen) atoms. The van der Waals surface area contributed by atoms with Crippen LogP contribution in [0.2, 0.25) is 0 Å². The van der Waals surface area contributed by atoms with Crippen molar-refractivity contribution in [3.05, 3.63) is 0 Å². The Bertz CT molecular complexity index is 265. The fourth-order valence-electron chi connectivity index (χ4n) is 2.96. The summed E-state index contributed by atoms with van der Waals surface area (Å²) in [7, 11) is 0. The fourth-order valence-corrected chi connectivity index (χ4v) is 3.16. The zero-order valence-corrected chi connectivity index (χ0v) is 9.80. The van der Waals surface area contributed by atoms with E-state index in [1.54, 1.807) is 0 Å². The Hall–Kier alpha value is -0.380. The third-order valence-electron chi connectivity index (χ3n) is 3.72. The van der Waals surface area contributed by atoms with E-state index in [2.05, 4.69) is 0 Å². The van der Waals surface area contributed by atoms with Gasteiger partial charge in [-0.3, -0.25) is 4.79 Å². The zero-order valence-electron chi connectivity index (χ0n) is 9.04. The molecule has 0 spiro atoms. The second kappa shape index (κ2) is 4.86. The van der Waals surface area contributed by atoms with Gasteiger partial charge in [-0.25, -0.2) is 8.78 Å². The lowest BCUT2D eigenvalue weighted by atomic mass is 10.1. The minimum Gasteiger partial charge on any atom is -0.336 e. The van der Waals surface area contributed by atoms with Gasteiger partial charge in [0.25, 0.3) is 6.43 Å². The lowest BCUT2D eigenvalue weighted by Gasteiger charge is -2.22. The Morgan fingerprint density at radius 2 is 2.00 bits per heavy atom. The summed E-state index contributed by atoms with van der Waals surface area (Å²) in [6, 6.07) is 0.